The first kappa shape index (κ1) is 11.5. The van der Waals surface area contributed by atoms with E-state index in [-0.39, 0.29) is 17.3 Å². The van der Waals surface area contributed by atoms with Gasteiger partial charge in [-0.1, -0.05) is 11.6 Å². The molecule has 0 aromatic carbocycles. The molecule has 0 atom stereocenters. The fourth-order valence-electron chi connectivity index (χ4n) is 0.918. The van der Waals surface area contributed by atoms with Gasteiger partial charge in [-0.3, -0.25) is 4.98 Å². The first-order valence-electron chi connectivity index (χ1n) is 4.26. The number of aromatic nitrogens is 2. The van der Waals surface area contributed by atoms with Crippen molar-refractivity contribution in [2.45, 2.75) is 6.92 Å². The van der Waals surface area contributed by atoms with E-state index in [1.54, 1.807) is 6.92 Å². The van der Waals surface area contributed by atoms with E-state index in [0.29, 0.717) is 5.69 Å². The number of hydrogen-bond donors (Lipinski definition) is 1. The number of nitrogens with zero attached hydrogens (tertiary/aromatic N) is 2. The Morgan fingerprint density at radius 2 is 2.33 bits per heavy atom. The molecule has 0 saturated heterocycles. The molecular weight excluding hydrogens is 218 g/mol. The van der Waals surface area contributed by atoms with E-state index in [1.165, 1.54) is 12.4 Å². The molecule has 1 rings (SSSR count). The summed E-state index contributed by atoms with van der Waals surface area (Å²) in [6.45, 7) is 1.98. The van der Waals surface area contributed by atoms with Crippen LogP contribution in [-0.2, 0) is 9.53 Å². The lowest BCUT2D eigenvalue weighted by molar-refractivity contribution is -0.136. The Bertz CT molecular complexity index is 375. The summed E-state index contributed by atoms with van der Waals surface area (Å²) in [4.78, 5) is 19.1. The van der Waals surface area contributed by atoms with Crippen LogP contribution in [0.4, 0.5) is 0 Å². The van der Waals surface area contributed by atoms with Crippen molar-refractivity contribution in [1.29, 1.82) is 0 Å². The second kappa shape index (κ2) is 5.31. The van der Waals surface area contributed by atoms with E-state index >= 15 is 0 Å². The highest BCUT2D eigenvalue weighted by molar-refractivity contribution is 6.29. The van der Waals surface area contributed by atoms with Crippen LogP contribution >= 0.6 is 11.6 Å². The van der Waals surface area contributed by atoms with Crippen molar-refractivity contribution in [2.75, 3.05) is 6.61 Å². The Morgan fingerprint density at radius 3 is 2.80 bits per heavy atom. The Labute approximate surface area is 91.9 Å². The minimum absolute atomic E-state index is 0.168. The summed E-state index contributed by atoms with van der Waals surface area (Å²) in [6.07, 6.45) is 3.83. The molecule has 0 amide bonds. The second-order valence-electron chi connectivity index (χ2n) is 2.53. The number of ether oxygens (including phenoxy) is 1. The maximum absolute atomic E-state index is 11.4. The number of nitrogens with two attached hydrogens (primary N) is 1. The molecule has 0 saturated carbocycles. The van der Waals surface area contributed by atoms with Crippen LogP contribution in [0.15, 0.2) is 18.6 Å². The van der Waals surface area contributed by atoms with Crippen molar-refractivity contribution in [1.82, 2.24) is 9.97 Å². The van der Waals surface area contributed by atoms with Crippen LogP contribution in [0.5, 0.6) is 0 Å². The number of halogens is 1. The van der Waals surface area contributed by atoms with Gasteiger partial charge in [-0.2, -0.15) is 0 Å². The quantitative estimate of drug-likeness (QED) is 0.616. The summed E-state index contributed by atoms with van der Waals surface area (Å²) in [6, 6.07) is 0. The largest absolute Gasteiger partial charge is 0.462 e. The molecule has 6 heteroatoms. The van der Waals surface area contributed by atoms with Crippen molar-refractivity contribution in [3.05, 3.63) is 29.4 Å². The third-order valence-electron chi connectivity index (χ3n) is 1.56. The lowest BCUT2D eigenvalue weighted by Gasteiger charge is -2.04. The fourth-order valence-corrected chi connectivity index (χ4v) is 1.02. The van der Waals surface area contributed by atoms with Crippen molar-refractivity contribution in [2.24, 2.45) is 5.73 Å². The molecule has 0 bridgehead atoms. The topological polar surface area (TPSA) is 78.1 Å². The average molecular weight is 228 g/mol. The third-order valence-corrected chi connectivity index (χ3v) is 1.75. The number of carbonyl (C=O) groups excluding carboxylic acids is 1. The molecule has 0 aliphatic carbocycles. The maximum Gasteiger partial charge on any atom is 0.341 e. The van der Waals surface area contributed by atoms with Gasteiger partial charge in [0.2, 0.25) is 0 Å². The summed E-state index contributed by atoms with van der Waals surface area (Å²) < 4.78 is 4.79. The Hall–Kier alpha value is -1.62. The number of rotatable bonds is 3. The van der Waals surface area contributed by atoms with Gasteiger partial charge in [0, 0.05) is 6.20 Å². The summed E-state index contributed by atoms with van der Waals surface area (Å²) in [5, 5.41) is 0.249. The van der Waals surface area contributed by atoms with Crippen LogP contribution in [-0.4, -0.2) is 22.5 Å². The molecule has 0 aliphatic heterocycles. The summed E-state index contributed by atoms with van der Waals surface area (Å²) in [5.74, 6) is -0.531. The molecule has 0 radical (unpaired) electrons. The van der Waals surface area contributed by atoms with E-state index in [1.807, 2.05) is 0 Å². The predicted octanol–water partition coefficient (Wildman–Crippen LogP) is 0.993. The first-order chi connectivity index (χ1) is 7.19. The molecule has 0 aliphatic rings. The summed E-state index contributed by atoms with van der Waals surface area (Å²) >= 11 is 5.56. The highest BCUT2D eigenvalue weighted by Crippen LogP contribution is 2.12. The SMILES string of the molecule is CCOC(=O)C(=CN)c1cnc(Cl)cn1. The number of esters is 1. The van der Waals surface area contributed by atoms with Gasteiger partial charge in [0.05, 0.1) is 24.7 Å². The molecule has 1 heterocycles. The smallest absolute Gasteiger partial charge is 0.341 e. The monoisotopic (exact) mass is 227 g/mol. The second-order valence-corrected chi connectivity index (χ2v) is 2.91. The first-order valence-corrected chi connectivity index (χ1v) is 4.63. The number of hydrogen-bond acceptors (Lipinski definition) is 5. The van der Waals surface area contributed by atoms with E-state index in [2.05, 4.69) is 9.97 Å². The average Bonchev–Trinajstić information content (AvgIpc) is 2.22. The van der Waals surface area contributed by atoms with E-state index < -0.39 is 5.97 Å². The maximum atomic E-state index is 11.4. The van der Waals surface area contributed by atoms with Gasteiger partial charge >= 0.3 is 5.97 Å². The Morgan fingerprint density at radius 1 is 1.60 bits per heavy atom. The van der Waals surface area contributed by atoms with Gasteiger partial charge in [-0.15, -0.1) is 0 Å². The molecule has 1 aromatic heterocycles. The molecule has 2 N–H and O–H groups in total. The molecule has 1 aromatic rings. The lowest BCUT2D eigenvalue weighted by Crippen LogP contribution is -2.09. The van der Waals surface area contributed by atoms with Crippen molar-refractivity contribution in [3.8, 4) is 0 Å². The van der Waals surface area contributed by atoms with Crippen LogP contribution < -0.4 is 5.73 Å². The Kier molecular flexibility index (Phi) is 4.05. The molecule has 0 fully saturated rings. The van der Waals surface area contributed by atoms with Gasteiger partial charge < -0.3 is 10.5 Å². The minimum atomic E-state index is -0.531. The Balaban J connectivity index is 2.94. The van der Waals surface area contributed by atoms with Crippen LogP contribution in [0.2, 0.25) is 5.15 Å². The summed E-state index contributed by atoms with van der Waals surface area (Å²) in [5.41, 5.74) is 5.81. The molecule has 80 valence electrons. The fraction of sp³-hybridized carbons (Fsp3) is 0.222. The van der Waals surface area contributed by atoms with Crippen molar-refractivity contribution < 1.29 is 9.53 Å². The highest BCUT2D eigenvalue weighted by atomic mass is 35.5. The highest BCUT2D eigenvalue weighted by Gasteiger charge is 2.14. The van der Waals surface area contributed by atoms with E-state index in [9.17, 15) is 4.79 Å². The molecular formula is C9H10ClN3O2. The normalized spacial score (nSPS) is 11.2. The van der Waals surface area contributed by atoms with Crippen LogP contribution in [0.3, 0.4) is 0 Å². The predicted molar refractivity (Wildman–Crippen MR) is 55.8 cm³/mol. The van der Waals surface area contributed by atoms with Crippen molar-refractivity contribution in [3.63, 3.8) is 0 Å². The van der Waals surface area contributed by atoms with E-state index in [0.717, 1.165) is 6.20 Å². The zero-order valence-corrected chi connectivity index (χ0v) is 8.86. The van der Waals surface area contributed by atoms with Gasteiger partial charge in [-0.05, 0) is 6.92 Å². The lowest BCUT2D eigenvalue weighted by atomic mass is 10.2. The van der Waals surface area contributed by atoms with Gasteiger partial charge in [-0.25, -0.2) is 9.78 Å². The standard InChI is InChI=1S/C9H10ClN3O2/c1-2-15-9(14)6(3-11)7-4-13-8(10)5-12-7/h3-5H,2,11H2,1H3. The molecule has 15 heavy (non-hydrogen) atoms. The summed E-state index contributed by atoms with van der Waals surface area (Å²) in [7, 11) is 0. The van der Waals surface area contributed by atoms with Gasteiger partial charge in [0.1, 0.15) is 10.7 Å². The van der Waals surface area contributed by atoms with Gasteiger partial charge in [0.25, 0.3) is 0 Å². The van der Waals surface area contributed by atoms with Gasteiger partial charge in [0.15, 0.2) is 0 Å². The molecule has 0 unspecified atom stereocenters. The minimum Gasteiger partial charge on any atom is -0.462 e. The van der Waals surface area contributed by atoms with Crippen LogP contribution in [0.1, 0.15) is 12.6 Å². The zero-order chi connectivity index (χ0) is 11.3. The number of carbonyl (C=O) groups is 1. The van der Waals surface area contributed by atoms with Crippen LogP contribution in [0, 0.1) is 0 Å². The molecule has 0 spiro atoms. The van der Waals surface area contributed by atoms with E-state index in [4.69, 9.17) is 22.1 Å². The zero-order valence-electron chi connectivity index (χ0n) is 8.11. The van der Waals surface area contributed by atoms with Crippen molar-refractivity contribution >= 4 is 23.1 Å². The molecule has 5 nitrogen and oxygen atoms in total. The third kappa shape index (κ3) is 2.92. The van der Waals surface area contributed by atoms with Crippen LogP contribution in [0.25, 0.3) is 5.57 Å².